The third-order valence-electron chi connectivity index (χ3n) is 4.10. The van der Waals surface area contributed by atoms with Gasteiger partial charge in [0.15, 0.2) is 11.0 Å². The molecule has 0 fully saturated rings. The maximum absolute atomic E-state index is 13.2. The van der Waals surface area contributed by atoms with Gasteiger partial charge in [-0.05, 0) is 42.5 Å². The maximum Gasteiger partial charge on any atom is 0.416 e. The third kappa shape index (κ3) is 5.33. The van der Waals surface area contributed by atoms with Crippen molar-refractivity contribution in [1.82, 2.24) is 14.8 Å². The monoisotopic (exact) mass is 457 g/mol. The van der Waals surface area contributed by atoms with Gasteiger partial charge in [-0.25, -0.2) is 8.42 Å². The minimum absolute atomic E-state index is 0.0923. The molecule has 3 rings (SSSR count). The van der Waals surface area contributed by atoms with Gasteiger partial charge in [0.25, 0.3) is 0 Å². The molecule has 1 aromatic heterocycles. The Morgan fingerprint density at radius 3 is 2.40 bits per heavy atom. The number of sulfone groups is 1. The highest BCUT2D eigenvalue weighted by Crippen LogP contribution is 2.33. The molecule has 0 aliphatic carbocycles. The van der Waals surface area contributed by atoms with Gasteiger partial charge >= 0.3 is 6.18 Å². The Labute approximate surface area is 176 Å². The van der Waals surface area contributed by atoms with Gasteiger partial charge in [0.05, 0.1) is 24.1 Å². The van der Waals surface area contributed by atoms with Gasteiger partial charge in [0.2, 0.25) is 0 Å². The van der Waals surface area contributed by atoms with Crippen molar-refractivity contribution in [2.24, 2.45) is 0 Å². The average molecular weight is 457 g/mol. The number of thioether (sulfide) groups is 1. The molecule has 0 unspecified atom stereocenters. The van der Waals surface area contributed by atoms with Crippen molar-refractivity contribution < 1.29 is 26.3 Å². The van der Waals surface area contributed by atoms with Crippen molar-refractivity contribution in [3.05, 3.63) is 54.1 Å². The number of benzene rings is 2. The Balaban J connectivity index is 2.07. The summed E-state index contributed by atoms with van der Waals surface area (Å²) in [6, 6.07) is 11.7. The molecule has 0 saturated carbocycles. The standard InChI is InChI=1S/C19H18F3N3O3S2/c1-28-16-8-6-13(7-9-16)17-23-24-18(29-10-11-30(2,26)27)25(17)15-5-3-4-14(12-15)19(20,21)22/h3-9,12H,10-11H2,1-2H3. The predicted octanol–water partition coefficient (Wildman–Crippen LogP) is 4.10. The first-order valence-corrected chi connectivity index (χ1v) is 11.7. The lowest BCUT2D eigenvalue weighted by molar-refractivity contribution is -0.137. The Kier molecular flexibility index (Phi) is 6.41. The highest BCUT2D eigenvalue weighted by molar-refractivity contribution is 8.00. The quantitative estimate of drug-likeness (QED) is 0.498. The van der Waals surface area contributed by atoms with Gasteiger partial charge in [-0.1, -0.05) is 17.8 Å². The summed E-state index contributed by atoms with van der Waals surface area (Å²) in [4.78, 5) is 0. The Bertz CT molecular complexity index is 1130. The fourth-order valence-corrected chi connectivity index (χ4v) is 4.78. The highest BCUT2D eigenvalue weighted by Gasteiger charge is 2.31. The number of hydrogen-bond acceptors (Lipinski definition) is 6. The molecule has 30 heavy (non-hydrogen) atoms. The third-order valence-corrected chi connectivity index (χ3v) is 6.23. The first kappa shape index (κ1) is 22.2. The molecular weight excluding hydrogens is 439 g/mol. The minimum Gasteiger partial charge on any atom is -0.497 e. The van der Waals surface area contributed by atoms with Crippen LogP contribution in [0.2, 0.25) is 0 Å². The van der Waals surface area contributed by atoms with Crippen LogP contribution in [0.15, 0.2) is 53.7 Å². The van der Waals surface area contributed by atoms with Crippen LogP contribution in [0, 0.1) is 0 Å². The molecule has 0 N–H and O–H groups in total. The second-order valence-electron chi connectivity index (χ2n) is 6.40. The van der Waals surface area contributed by atoms with E-state index in [4.69, 9.17) is 4.74 Å². The van der Waals surface area contributed by atoms with E-state index >= 15 is 0 Å². The van der Waals surface area contributed by atoms with Gasteiger partial charge in [0.1, 0.15) is 15.6 Å². The molecule has 0 aliphatic rings. The smallest absolute Gasteiger partial charge is 0.416 e. The normalized spacial score (nSPS) is 12.2. The molecule has 0 atom stereocenters. The van der Waals surface area contributed by atoms with Crippen molar-refractivity contribution in [2.45, 2.75) is 11.3 Å². The lowest BCUT2D eigenvalue weighted by Gasteiger charge is -2.13. The molecule has 3 aromatic rings. The number of alkyl halides is 3. The summed E-state index contributed by atoms with van der Waals surface area (Å²) in [6.45, 7) is 0. The van der Waals surface area contributed by atoms with Crippen LogP contribution in [0.3, 0.4) is 0 Å². The van der Waals surface area contributed by atoms with E-state index in [0.717, 1.165) is 30.2 Å². The number of rotatable bonds is 7. The summed E-state index contributed by atoms with van der Waals surface area (Å²) in [5.74, 6) is 1.05. The molecule has 160 valence electrons. The van der Waals surface area contributed by atoms with Crippen LogP contribution in [-0.4, -0.2) is 48.1 Å². The number of ether oxygens (including phenoxy) is 1. The van der Waals surface area contributed by atoms with Crippen molar-refractivity contribution in [3.63, 3.8) is 0 Å². The second-order valence-corrected chi connectivity index (χ2v) is 9.72. The number of nitrogens with zero attached hydrogens (tertiary/aromatic N) is 3. The number of aromatic nitrogens is 3. The van der Waals surface area contributed by atoms with E-state index in [2.05, 4.69) is 10.2 Å². The molecule has 0 saturated heterocycles. The zero-order valence-electron chi connectivity index (χ0n) is 16.0. The molecule has 0 bridgehead atoms. The van der Waals surface area contributed by atoms with Gasteiger partial charge in [0, 0.05) is 17.6 Å². The average Bonchev–Trinajstić information content (AvgIpc) is 3.10. The summed E-state index contributed by atoms with van der Waals surface area (Å²) >= 11 is 1.11. The first-order valence-electron chi connectivity index (χ1n) is 8.66. The van der Waals surface area contributed by atoms with E-state index in [1.807, 2.05) is 0 Å². The van der Waals surface area contributed by atoms with Crippen molar-refractivity contribution in [2.75, 3.05) is 24.9 Å². The van der Waals surface area contributed by atoms with E-state index in [-0.39, 0.29) is 17.2 Å². The molecule has 6 nitrogen and oxygen atoms in total. The first-order chi connectivity index (χ1) is 14.1. The predicted molar refractivity (Wildman–Crippen MR) is 109 cm³/mol. The fraction of sp³-hybridized carbons (Fsp3) is 0.263. The van der Waals surface area contributed by atoms with E-state index in [1.165, 1.54) is 23.8 Å². The van der Waals surface area contributed by atoms with E-state index in [1.54, 1.807) is 24.3 Å². The summed E-state index contributed by atoms with van der Waals surface area (Å²) in [6.07, 6.45) is -3.39. The van der Waals surface area contributed by atoms with Crippen molar-refractivity contribution >= 4 is 21.6 Å². The topological polar surface area (TPSA) is 74.1 Å². The molecule has 0 spiro atoms. The Hall–Kier alpha value is -2.53. The van der Waals surface area contributed by atoms with Crippen LogP contribution in [0.5, 0.6) is 5.75 Å². The second kappa shape index (κ2) is 8.68. The lowest BCUT2D eigenvalue weighted by Crippen LogP contribution is -2.08. The van der Waals surface area contributed by atoms with Crippen LogP contribution in [-0.2, 0) is 16.0 Å². The number of methoxy groups -OCH3 is 1. The Morgan fingerprint density at radius 1 is 1.10 bits per heavy atom. The fourth-order valence-electron chi connectivity index (χ4n) is 2.63. The molecular formula is C19H18F3N3O3S2. The summed E-state index contributed by atoms with van der Waals surface area (Å²) < 4.78 is 69.1. The van der Waals surface area contributed by atoms with E-state index in [0.29, 0.717) is 22.3 Å². The van der Waals surface area contributed by atoms with E-state index in [9.17, 15) is 21.6 Å². The highest BCUT2D eigenvalue weighted by atomic mass is 32.2. The molecule has 11 heteroatoms. The summed E-state index contributed by atoms with van der Waals surface area (Å²) in [5.41, 5.74) is 0.0413. The molecule has 0 amide bonds. The van der Waals surface area contributed by atoms with Crippen LogP contribution in [0.1, 0.15) is 5.56 Å². The van der Waals surface area contributed by atoms with Gasteiger partial charge in [-0.2, -0.15) is 13.2 Å². The molecule has 0 aliphatic heterocycles. The maximum atomic E-state index is 13.2. The summed E-state index contributed by atoms with van der Waals surface area (Å²) in [7, 11) is -1.67. The SMILES string of the molecule is COc1ccc(-c2nnc(SCCS(C)(=O)=O)n2-c2cccc(C(F)(F)F)c2)cc1. The van der Waals surface area contributed by atoms with Crippen LogP contribution in [0.4, 0.5) is 13.2 Å². The lowest BCUT2D eigenvalue weighted by atomic mass is 10.1. The van der Waals surface area contributed by atoms with E-state index < -0.39 is 21.6 Å². The van der Waals surface area contributed by atoms with Crippen LogP contribution in [0.25, 0.3) is 17.1 Å². The van der Waals surface area contributed by atoms with Crippen molar-refractivity contribution in [3.8, 4) is 22.8 Å². The van der Waals surface area contributed by atoms with Gasteiger partial charge in [-0.3, -0.25) is 4.57 Å². The molecule has 1 heterocycles. The molecule has 2 aromatic carbocycles. The largest absolute Gasteiger partial charge is 0.497 e. The zero-order chi connectivity index (χ0) is 21.9. The number of halogens is 3. The Morgan fingerprint density at radius 2 is 1.80 bits per heavy atom. The van der Waals surface area contributed by atoms with Crippen LogP contribution < -0.4 is 4.74 Å². The van der Waals surface area contributed by atoms with Gasteiger partial charge < -0.3 is 4.74 Å². The van der Waals surface area contributed by atoms with Gasteiger partial charge in [-0.15, -0.1) is 10.2 Å². The number of hydrogen-bond donors (Lipinski definition) is 0. The van der Waals surface area contributed by atoms with Crippen molar-refractivity contribution in [1.29, 1.82) is 0 Å². The minimum atomic E-state index is -4.51. The summed E-state index contributed by atoms with van der Waals surface area (Å²) in [5, 5.41) is 8.53. The van der Waals surface area contributed by atoms with Crippen LogP contribution >= 0.6 is 11.8 Å². The molecule has 0 radical (unpaired) electrons. The zero-order valence-corrected chi connectivity index (χ0v) is 17.7.